The fraction of sp³-hybridized carbons (Fsp3) is 0.160. The Bertz CT molecular complexity index is 1290. The number of benzene rings is 2. The second-order valence-electron chi connectivity index (χ2n) is 7.74. The van der Waals surface area contributed by atoms with Crippen molar-refractivity contribution in [3.8, 4) is 22.3 Å². The first-order valence-corrected chi connectivity index (χ1v) is 10.4. The average Bonchev–Trinajstić information content (AvgIpc) is 3.16. The van der Waals surface area contributed by atoms with Crippen molar-refractivity contribution in [2.45, 2.75) is 19.3 Å². The van der Waals surface area contributed by atoms with Crippen LogP contribution < -0.4 is 11.1 Å². The maximum Gasteiger partial charge on any atom is 0.251 e. The summed E-state index contributed by atoms with van der Waals surface area (Å²) in [6.45, 7) is 1.90. The average molecular weight is 445 g/mol. The molecule has 33 heavy (non-hydrogen) atoms. The molecule has 0 aliphatic heterocycles. The van der Waals surface area contributed by atoms with Gasteiger partial charge < -0.3 is 16.2 Å². The summed E-state index contributed by atoms with van der Waals surface area (Å²) in [6.07, 6.45) is 1.20. The number of aliphatic hydroxyl groups excluding tert-OH is 1. The van der Waals surface area contributed by atoms with Gasteiger partial charge in [0.15, 0.2) is 0 Å². The number of amides is 1. The molecule has 2 atom stereocenters. The van der Waals surface area contributed by atoms with E-state index in [4.69, 9.17) is 5.73 Å². The van der Waals surface area contributed by atoms with Gasteiger partial charge in [0.25, 0.3) is 5.91 Å². The summed E-state index contributed by atoms with van der Waals surface area (Å²) < 4.78 is 16.1. The van der Waals surface area contributed by atoms with Gasteiger partial charge in [-0.1, -0.05) is 42.5 Å². The third-order valence-electron chi connectivity index (χ3n) is 5.43. The van der Waals surface area contributed by atoms with E-state index in [1.807, 2.05) is 26.2 Å². The second kappa shape index (κ2) is 9.22. The summed E-state index contributed by atoms with van der Waals surface area (Å²) in [7, 11) is 1.83. The molecule has 0 aliphatic rings. The number of aryl methyl sites for hydroxylation is 2. The molecule has 0 spiro atoms. The van der Waals surface area contributed by atoms with Crippen molar-refractivity contribution >= 4 is 11.7 Å². The maximum absolute atomic E-state index is 14.4. The molecule has 8 heteroatoms. The Morgan fingerprint density at radius 3 is 2.45 bits per heavy atom. The fourth-order valence-electron chi connectivity index (χ4n) is 3.84. The van der Waals surface area contributed by atoms with Crippen molar-refractivity contribution in [2.75, 3.05) is 5.73 Å². The lowest BCUT2D eigenvalue weighted by Gasteiger charge is -2.23. The number of nitrogen functional groups attached to an aromatic ring is 1. The molecule has 7 nitrogen and oxygen atoms in total. The number of carbonyl (C=O) groups is 1. The van der Waals surface area contributed by atoms with Crippen LogP contribution in [0.1, 0.15) is 27.7 Å². The minimum absolute atomic E-state index is 0.245. The van der Waals surface area contributed by atoms with Gasteiger partial charge in [-0.05, 0) is 36.2 Å². The number of pyridine rings is 1. The van der Waals surface area contributed by atoms with Crippen LogP contribution in [0.15, 0.2) is 73.1 Å². The minimum atomic E-state index is -2.34. The maximum atomic E-state index is 14.4. The van der Waals surface area contributed by atoms with Crippen LogP contribution in [-0.4, -0.2) is 32.1 Å². The van der Waals surface area contributed by atoms with Gasteiger partial charge in [-0.25, -0.2) is 9.37 Å². The molecule has 4 aromatic rings. The zero-order valence-electron chi connectivity index (χ0n) is 18.2. The first kappa shape index (κ1) is 22.2. The molecule has 4 rings (SSSR count). The van der Waals surface area contributed by atoms with Gasteiger partial charge in [0, 0.05) is 41.7 Å². The van der Waals surface area contributed by atoms with E-state index in [1.54, 1.807) is 65.5 Å². The van der Waals surface area contributed by atoms with E-state index in [2.05, 4.69) is 15.4 Å². The van der Waals surface area contributed by atoms with Gasteiger partial charge in [-0.3, -0.25) is 9.48 Å². The molecule has 0 aliphatic carbocycles. The highest BCUT2D eigenvalue weighted by Crippen LogP contribution is 2.36. The summed E-state index contributed by atoms with van der Waals surface area (Å²) in [5, 5.41) is 16.9. The normalized spacial score (nSPS) is 12.8. The number of nitrogens with two attached hydrogens (primary N) is 1. The number of aromatic nitrogens is 3. The quantitative estimate of drug-likeness (QED) is 0.419. The summed E-state index contributed by atoms with van der Waals surface area (Å²) in [5.74, 6) is -0.257. The lowest BCUT2D eigenvalue weighted by atomic mass is 9.93. The monoisotopic (exact) mass is 445 g/mol. The third kappa shape index (κ3) is 4.61. The van der Waals surface area contributed by atoms with Crippen LogP contribution in [0.4, 0.5) is 10.2 Å². The third-order valence-corrected chi connectivity index (χ3v) is 5.43. The summed E-state index contributed by atoms with van der Waals surface area (Å²) in [6, 6.07) is 15.9. The van der Waals surface area contributed by atoms with Gasteiger partial charge in [-0.2, -0.15) is 5.10 Å². The van der Waals surface area contributed by atoms with Crippen LogP contribution in [0, 0.1) is 6.92 Å². The standard InChI is InChI=1S/C25H24FN5O2/c1-15-21(14-31(2)30-15)17-12-20(24(27)28-13-17)18-10-6-7-11-19(18)22(23(26)32)29-25(33)16-8-4-3-5-9-16/h3-14,22-23,32H,1-2H3,(H2,27,28)(H,29,33)/t22-,23+/m0/s1. The van der Waals surface area contributed by atoms with Crippen molar-refractivity contribution < 1.29 is 14.3 Å². The Kier molecular flexibility index (Phi) is 6.19. The molecule has 0 fully saturated rings. The number of alkyl halides is 1. The smallest absolute Gasteiger partial charge is 0.251 e. The molecule has 0 radical (unpaired) electrons. The van der Waals surface area contributed by atoms with Crippen LogP contribution in [-0.2, 0) is 7.05 Å². The number of halogens is 1. The molecule has 168 valence electrons. The fourth-order valence-corrected chi connectivity index (χ4v) is 3.84. The first-order chi connectivity index (χ1) is 15.8. The van der Waals surface area contributed by atoms with E-state index in [1.165, 1.54) is 0 Å². The van der Waals surface area contributed by atoms with Crippen molar-refractivity contribution in [3.05, 3.63) is 89.9 Å². The lowest BCUT2D eigenvalue weighted by Crippen LogP contribution is -2.34. The largest absolute Gasteiger partial charge is 0.383 e. The van der Waals surface area contributed by atoms with Crippen molar-refractivity contribution in [1.82, 2.24) is 20.1 Å². The molecular weight excluding hydrogens is 421 g/mol. The molecule has 0 bridgehead atoms. The Labute approximate surface area is 190 Å². The molecule has 1 amide bonds. The molecule has 0 saturated carbocycles. The predicted octanol–water partition coefficient (Wildman–Crippen LogP) is 3.80. The van der Waals surface area contributed by atoms with Gasteiger partial charge in [-0.15, -0.1) is 0 Å². The van der Waals surface area contributed by atoms with Crippen molar-refractivity contribution in [3.63, 3.8) is 0 Å². The Morgan fingerprint density at radius 1 is 1.09 bits per heavy atom. The highest BCUT2D eigenvalue weighted by Gasteiger charge is 2.27. The van der Waals surface area contributed by atoms with Crippen LogP contribution in [0.25, 0.3) is 22.3 Å². The number of anilines is 1. The number of nitrogens with zero attached hydrogens (tertiary/aromatic N) is 3. The number of hydrogen-bond acceptors (Lipinski definition) is 5. The molecular formula is C25H24FN5O2. The summed E-state index contributed by atoms with van der Waals surface area (Å²) in [4.78, 5) is 17.0. The van der Waals surface area contributed by atoms with E-state index < -0.39 is 18.3 Å². The highest BCUT2D eigenvalue weighted by atomic mass is 19.1. The summed E-state index contributed by atoms with van der Waals surface area (Å²) in [5.41, 5.74) is 10.6. The van der Waals surface area contributed by atoms with E-state index in [9.17, 15) is 14.3 Å². The van der Waals surface area contributed by atoms with Crippen LogP contribution in [0.2, 0.25) is 0 Å². The van der Waals surface area contributed by atoms with Crippen LogP contribution in [0.5, 0.6) is 0 Å². The van der Waals surface area contributed by atoms with Gasteiger partial charge in [0.2, 0.25) is 6.36 Å². The SMILES string of the molecule is Cc1nn(C)cc1-c1cnc(N)c(-c2ccccc2[C@H](NC(=O)c2ccccc2)[C@@H](O)F)c1. The number of carbonyl (C=O) groups excluding carboxylic acids is 1. The Balaban J connectivity index is 1.77. The van der Waals surface area contributed by atoms with Gasteiger partial charge in [0.05, 0.1) is 5.69 Å². The number of rotatable bonds is 6. The molecule has 2 heterocycles. The van der Waals surface area contributed by atoms with Crippen LogP contribution >= 0.6 is 0 Å². The Hall–Kier alpha value is -4.04. The van der Waals surface area contributed by atoms with E-state index in [0.717, 1.165) is 16.8 Å². The Morgan fingerprint density at radius 2 is 1.79 bits per heavy atom. The molecule has 0 saturated heterocycles. The second-order valence-corrected chi connectivity index (χ2v) is 7.74. The van der Waals surface area contributed by atoms with Crippen molar-refractivity contribution in [1.29, 1.82) is 0 Å². The van der Waals surface area contributed by atoms with Gasteiger partial charge >= 0.3 is 0 Å². The highest BCUT2D eigenvalue weighted by molar-refractivity contribution is 5.94. The zero-order chi connectivity index (χ0) is 23.5. The number of nitrogens with one attached hydrogen (secondary N) is 1. The molecule has 2 aromatic heterocycles. The first-order valence-electron chi connectivity index (χ1n) is 10.4. The van der Waals surface area contributed by atoms with E-state index in [-0.39, 0.29) is 5.82 Å². The molecule has 0 unspecified atom stereocenters. The predicted molar refractivity (Wildman–Crippen MR) is 125 cm³/mol. The van der Waals surface area contributed by atoms with Crippen LogP contribution in [0.3, 0.4) is 0 Å². The molecule has 2 aromatic carbocycles. The number of aliphatic hydroxyl groups is 1. The van der Waals surface area contributed by atoms with Gasteiger partial charge in [0.1, 0.15) is 11.9 Å². The topological polar surface area (TPSA) is 106 Å². The van der Waals surface area contributed by atoms with Crippen molar-refractivity contribution in [2.24, 2.45) is 7.05 Å². The van der Waals surface area contributed by atoms with E-state index >= 15 is 0 Å². The molecule has 4 N–H and O–H groups in total. The minimum Gasteiger partial charge on any atom is -0.383 e. The zero-order valence-corrected chi connectivity index (χ0v) is 18.2. The lowest BCUT2D eigenvalue weighted by molar-refractivity contribution is 0.00653. The summed E-state index contributed by atoms with van der Waals surface area (Å²) >= 11 is 0. The van der Waals surface area contributed by atoms with E-state index in [0.29, 0.717) is 22.3 Å². The number of hydrogen-bond donors (Lipinski definition) is 3.